The molecule has 0 atom stereocenters. The Bertz CT molecular complexity index is 1160. The number of hydrazine groups is 1. The van der Waals surface area contributed by atoms with E-state index in [9.17, 15) is 4.79 Å². The van der Waals surface area contributed by atoms with Crippen LogP contribution in [0, 0.1) is 5.92 Å². The molecule has 34 heavy (non-hydrogen) atoms. The number of carbonyl (C=O) groups excluding carboxylic acids is 1. The van der Waals surface area contributed by atoms with E-state index < -0.39 is 0 Å². The number of fused-ring (bicyclic) bond motifs is 1. The summed E-state index contributed by atoms with van der Waals surface area (Å²) in [5.74, 6) is 7.96. The molecule has 0 aliphatic carbocycles. The third-order valence-electron chi connectivity index (χ3n) is 5.16. The minimum absolute atomic E-state index is 0.00681. The fraction of sp³-hybridized carbons (Fsp3) is 0.320. The zero-order valence-corrected chi connectivity index (χ0v) is 20.0. The van der Waals surface area contributed by atoms with Gasteiger partial charge in [0, 0.05) is 36.1 Å². The van der Waals surface area contributed by atoms with Gasteiger partial charge in [0.05, 0.1) is 31.2 Å². The molecule has 5 N–H and O–H groups in total. The molecule has 0 aliphatic rings. The van der Waals surface area contributed by atoms with Crippen molar-refractivity contribution in [3.05, 3.63) is 60.2 Å². The smallest absolute Gasteiger partial charge is 0.158 e. The maximum Gasteiger partial charge on any atom is 0.158 e. The van der Waals surface area contributed by atoms with Crippen molar-refractivity contribution < 1.29 is 14.3 Å². The van der Waals surface area contributed by atoms with Crippen LogP contribution in [0.1, 0.15) is 26.3 Å². The van der Waals surface area contributed by atoms with Crippen LogP contribution in [0.5, 0.6) is 11.5 Å². The molecule has 0 radical (unpaired) electrons. The van der Waals surface area contributed by atoms with Gasteiger partial charge in [-0.15, -0.1) is 0 Å². The normalized spacial score (nSPS) is 11.5. The number of nitrogens with zero attached hydrogens (tertiary/aromatic N) is 3. The molecular formula is C25H32N6O3. The minimum Gasteiger partial charge on any atom is -0.496 e. The molecule has 0 spiro atoms. The van der Waals surface area contributed by atoms with E-state index in [0.717, 1.165) is 16.6 Å². The number of ether oxygens (including phenoxy) is 2. The van der Waals surface area contributed by atoms with Crippen molar-refractivity contribution in [2.45, 2.75) is 27.2 Å². The van der Waals surface area contributed by atoms with E-state index in [1.54, 1.807) is 13.3 Å². The van der Waals surface area contributed by atoms with Crippen molar-refractivity contribution in [2.24, 2.45) is 17.5 Å². The van der Waals surface area contributed by atoms with E-state index in [1.165, 1.54) is 11.3 Å². The summed E-state index contributed by atoms with van der Waals surface area (Å²) in [6, 6.07) is 11.3. The summed E-state index contributed by atoms with van der Waals surface area (Å²) in [6.07, 6.45) is 3.37. The lowest BCUT2D eigenvalue weighted by atomic mass is 10.1. The Morgan fingerprint density at radius 1 is 1.21 bits per heavy atom. The van der Waals surface area contributed by atoms with Gasteiger partial charge in [-0.3, -0.25) is 4.79 Å². The fourth-order valence-corrected chi connectivity index (χ4v) is 3.35. The first kappa shape index (κ1) is 24.8. The lowest BCUT2D eigenvalue weighted by Gasteiger charge is -2.16. The number of Topliss-reactive ketones (excluding diaryl/α,β-unsaturated/α-hetero) is 1. The van der Waals surface area contributed by atoms with Crippen LogP contribution in [0.4, 0.5) is 11.5 Å². The van der Waals surface area contributed by atoms with Crippen molar-refractivity contribution in [3.8, 4) is 11.5 Å². The Balaban J connectivity index is 1.71. The molecule has 0 aliphatic heterocycles. The fourth-order valence-electron chi connectivity index (χ4n) is 3.35. The molecule has 180 valence electrons. The number of benzene rings is 2. The number of nitrogens with two attached hydrogens (primary N) is 2. The highest BCUT2D eigenvalue weighted by atomic mass is 16.5. The third kappa shape index (κ3) is 6.35. The van der Waals surface area contributed by atoms with Crippen molar-refractivity contribution in [1.82, 2.24) is 15.0 Å². The number of anilines is 2. The quantitative estimate of drug-likeness (QED) is 0.288. The van der Waals surface area contributed by atoms with Crippen LogP contribution in [0.3, 0.4) is 0 Å². The number of aromatic nitrogens is 2. The molecule has 0 saturated carbocycles. The molecule has 0 saturated heterocycles. The number of ketones is 1. The Labute approximate surface area is 199 Å². The van der Waals surface area contributed by atoms with Crippen molar-refractivity contribution in [2.75, 3.05) is 25.6 Å². The Morgan fingerprint density at radius 3 is 2.59 bits per heavy atom. The molecule has 0 fully saturated rings. The topological polar surface area (TPSA) is 129 Å². The first-order valence-corrected chi connectivity index (χ1v) is 11.1. The monoisotopic (exact) mass is 464 g/mol. The molecule has 3 rings (SSSR count). The van der Waals surface area contributed by atoms with Crippen molar-refractivity contribution in [3.63, 3.8) is 0 Å². The van der Waals surface area contributed by atoms with Gasteiger partial charge in [0.1, 0.15) is 23.6 Å². The van der Waals surface area contributed by atoms with Crippen LogP contribution in [0.2, 0.25) is 0 Å². The second-order valence-electron chi connectivity index (χ2n) is 8.17. The van der Waals surface area contributed by atoms with Gasteiger partial charge in [-0.25, -0.2) is 15.8 Å². The molecule has 9 nitrogen and oxygen atoms in total. The summed E-state index contributed by atoms with van der Waals surface area (Å²) in [6.45, 7) is 6.49. The molecule has 0 unspecified atom stereocenters. The van der Waals surface area contributed by atoms with Crippen LogP contribution in [-0.4, -0.2) is 41.0 Å². The first-order chi connectivity index (χ1) is 16.3. The van der Waals surface area contributed by atoms with Gasteiger partial charge in [-0.2, -0.15) is 0 Å². The van der Waals surface area contributed by atoms with Crippen LogP contribution >= 0.6 is 0 Å². The highest BCUT2D eigenvalue weighted by molar-refractivity contribution is 5.96. The molecule has 1 aromatic heterocycles. The highest BCUT2D eigenvalue weighted by Gasteiger charge is 2.13. The summed E-state index contributed by atoms with van der Waals surface area (Å²) in [5, 5.41) is 5.40. The molecular weight excluding hydrogens is 432 g/mol. The number of hydrogen-bond donors (Lipinski definition) is 3. The van der Waals surface area contributed by atoms with Gasteiger partial charge in [0.25, 0.3) is 0 Å². The summed E-state index contributed by atoms with van der Waals surface area (Å²) >= 11 is 0. The molecule has 0 amide bonds. The van der Waals surface area contributed by atoms with E-state index >= 15 is 0 Å². The average molecular weight is 465 g/mol. The molecule has 9 heteroatoms. The van der Waals surface area contributed by atoms with Gasteiger partial charge in [0.2, 0.25) is 0 Å². The molecule has 0 bridgehead atoms. The van der Waals surface area contributed by atoms with Crippen LogP contribution in [-0.2, 0) is 11.2 Å². The minimum atomic E-state index is -0.00681. The Kier molecular flexibility index (Phi) is 8.26. The predicted octanol–water partition coefficient (Wildman–Crippen LogP) is 3.52. The standard InChI is InChI=1S/C25H32N6O3/c1-5-34-20-11-22-24(23(12-20)33-4)25(29-15-28-22)30-18-8-6-17(7-9-18)10-19(32)13-31(27)14-21(26)16(2)3/h6-9,11-12,14-16H,5,10,13,26-27H2,1-4H3,(H,28,29,30)/b21-14-. The SMILES string of the molecule is CCOc1cc(OC)c2c(Nc3ccc(CC(=O)CN(N)/C=C(\N)C(C)C)cc3)ncnc2c1. The van der Waals surface area contributed by atoms with Crippen LogP contribution in [0.25, 0.3) is 10.9 Å². The summed E-state index contributed by atoms with van der Waals surface area (Å²) in [7, 11) is 1.60. The van der Waals surface area contributed by atoms with Crippen LogP contribution < -0.4 is 26.4 Å². The second-order valence-corrected chi connectivity index (χ2v) is 8.17. The zero-order chi connectivity index (χ0) is 24.7. The Morgan fingerprint density at radius 2 is 1.94 bits per heavy atom. The maximum absolute atomic E-state index is 12.4. The number of rotatable bonds is 11. The van der Waals surface area contributed by atoms with Crippen molar-refractivity contribution >= 4 is 28.2 Å². The molecule has 1 heterocycles. The van der Waals surface area contributed by atoms with Gasteiger partial charge < -0.3 is 25.5 Å². The first-order valence-electron chi connectivity index (χ1n) is 11.1. The van der Waals surface area contributed by atoms with E-state index in [1.807, 2.05) is 57.2 Å². The number of allylic oxidation sites excluding steroid dienone is 1. The van der Waals surface area contributed by atoms with E-state index in [2.05, 4.69) is 15.3 Å². The predicted molar refractivity (Wildman–Crippen MR) is 134 cm³/mol. The number of methoxy groups -OCH3 is 1. The summed E-state index contributed by atoms with van der Waals surface area (Å²) < 4.78 is 11.2. The van der Waals surface area contributed by atoms with Crippen LogP contribution in [0.15, 0.2) is 54.6 Å². The van der Waals surface area contributed by atoms with Gasteiger partial charge in [-0.1, -0.05) is 26.0 Å². The number of nitrogens with one attached hydrogen (secondary N) is 1. The molecule has 3 aromatic rings. The molecule has 2 aromatic carbocycles. The highest BCUT2D eigenvalue weighted by Crippen LogP contribution is 2.35. The lowest BCUT2D eigenvalue weighted by molar-refractivity contribution is -0.119. The van der Waals surface area contributed by atoms with E-state index in [-0.39, 0.29) is 24.7 Å². The van der Waals surface area contributed by atoms with Crippen molar-refractivity contribution in [1.29, 1.82) is 0 Å². The average Bonchev–Trinajstić information content (AvgIpc) is 2.79. The summed E-state index contributed by atoms with van der Waals surface area (Å²) in [4.78, 5) is 21.1. The number of hydrogen-bond acceptors (Lipinski definition) is 9. The third-order valence-corrected chi connectivity index (χ3v) is 5.16. The zero-order valence-electron chi connectivity index (χ0n) is 20.0. The van der Waals surface area contributed by atoms with E-state index in [0.29, 0.717) is 35.1 Å². The van der Waals surface area contributed by atoms with E-state index in [4.69, 9.17) is 21.1 Å². The number of carbonyl (C=O) groups is 1. The largest absolute Gasteiger partial charge is 0.496 e. The van der Waals surface area contributed by atoms with Gasteiger partial charge in [-0.05, 0) is 30.5 Å². The van der Waals surface area contributed by atoms with Gasteiger partial charge in [0.15, 0.2) is 5.78 Å². The van der Waals surface area contributed by atoms with Gasteiger partial charge >= 0.3 is 0 Å². The lowest BCUT2D eigenvalue weighted by Crippen LogP contribution is -2.33. The summed E-state index contributed by atoms with van der Waals surface area (Å²) in [5.41, 5.74) is 8.94. The maximum atomic E-state index is 12.4. The second kappa shape index (κ2) is 11.3. The Hall–Kier alpha value is -3.85.